The summed E-state index contributed by atoms with van der Waals surface area (Å²) in [5.41, 5.74) is -0.158. The van der Waals surface area contributed by atoms with Crippen molar-refractivity contribution in [3.05, 3.63) is 29.8 Å². The van der Waals surface area contributed by atoms with Crippen molar-refractivity contribution in [1.29, 1.82) is 5.26 Å². The van der Waals surface area contributed by atoms with Crippen LogP contribution in [-0.4, -0.2) is 56.1 Å². The Labute approximate surface area is 146 Å². The molecule has 1 saturated heterocycles. The second-order valence-electron chi connectivity index (χ2n) is 6.40. The number of rotatable bonds is 6. The number of ether oxygens (including phenoxy) is 1. The maximum Gasteiger partial charge on any atom is 0.240 e. The second-order valence-corrected chi connectivity index (χ2v) is 6.40. The van der Waals surface area contributed by atoms with Crippen molar-refractivity contribution in [1.82, 2.24) is 10.2 Å². The summed E-state index contributed by atoms with van der Waals surface area (Å²) < 4.78 is 5.29. The van der Waals surface area contributed by atoms with E-state index in [0.717, 1.165) is 32.8 Å². The molecular weight excluding hydrogens is 320 g/mol. The lowest BCUT2D eigenvalue weighted by Crippen LogP contribution is -2.45. The molecule has 132 valence electrons. The predicted octanol–water partition coefficient (Wildman–Crippen LogP) is 0.725. The standard InChI is InChI=1S/C18H22N4O3/c19-13-14-3-1-2-4-15(14)21-17(24)18(5-6-18)16(23)20-7-8-22-9-11-25-12-10-22/h1-4H,5-12H2,(H,20,23)(H,21,24). The van der Waals surface area contributed by atoms with Crippen molar-refractivity contribution >= 4 is 17.5 Å². The molecule has 0 aromatic heterocycles. The molecule has 0 atom stereocenters. The van der Waals surface area contributed by atoms with E-state index in [9.17, 15) is 9.59 Å². The zero-order valence-corrected chi connectivity index (χ0v) is 14.1. The highest BCUT2D eigenvalue weighted by Gasteiger charge is 2.56. The zero-order valence-electron chi connectivity index (χ0n) is 14.1. The Morgan fingerprint density at radius 1 is 1.20 bits per heavy atom. The highest BCUT2D eigenvalue weighted by atomic mass is 16.5. The van der Waals surface area contributed by atoms with Crippen LogP contribution in [-0.2, 0) is 14.3 Å². The van der Waals surface area contributed by atoms with Gasteiger partial charge in [0.05, 0.1) is 24.5 Å². The molecule has 2 N–H and O–H groups in total. The van der Waals surface area contributed by atoms with Crippen molar-refractivity contribution < 1.29 is 14.3 Å². The fraction of sp³-hybridized carbons (Fsp3) is 0.500. The molecule has 0 spiro atoms. The minimum Gasteiger partial charge on any atom is -0.379 e. The topological polar surface area (TPSA) is 94.5 Å². The molecule has 1 saturated carbocycles. The third-order valence-corrected chi connectivity index (χ3v) is 4.73. The number of benzene rings is 1. The molecule has 3 rings (SSSR count). The van der Waals surface area contributed by atoms with E-state index < -0.39 is 5.41 Å². The van der Waals surface area contributed by atoms with Crippen molar-refractivity contribution in [3.63, 3.8) is 0 Å². The van der Waals surface area contributed by atoms with Crippen molar-refractivity contribution in [2.75, 3.05) is 44.7 Å². The number of nitrogens with zero attached hydrogens (tertiary/aromatic N) is 2. The van der Waals surface area contributed by atoms with Gasteiger partial charge in [-0.25, -0.2) is 0 Å². The Morgan fingerprint density at radius 2 is 1.92 bits per heavy atom. The van der Waals surface area contributed by atoms with E-state index in [4.69, 9.17) is 10.00 Å². The van der Waals surface area contributed by atoms with Crippen LogP contribution in [0.25, 0.3) is 0 Å². The summed E-state index contributed by atoms with van der Waals surface area (Å²) in [7, 11) is 0. The maximum absolute atomic E-state index is 12.6. The summed E-state index contributed by atoms with van der Waals surface area (Å²) in [5.74, 6) is -0.563. The van der Waals surface area contributed by atoms with Gasteiger partial charge < -0.3 is 15.4 Å². The van der Waals surface area contributed by atoms with Crippen molar-refractivity contribution in [2.24, 2.45) is 5.41 Å². The van der Waals surface area contributed by atoms with Crippen LogP contribution in [0.4, 0.5) is 5.69 Å². The number of carbonyl (C=O) groups excluding carboxylic acids is 2. The van der Waals surface area contributed by atoms with E-state index in [-0.39, 0.29) is 11.8 Å². The molecule has 0 unspecified atom stereocenters. The number of anilines is 1. The molecule has 2 fully saturated rings. The van der Waals surface area contributed by atoms with E-state index in [1.807, 2.05) is 6.07 Å². The van der Waals surface area contributed by atoms with E-state index in [1.165, 1.54) is 0 Å². The van der Waals surface area contributed by atoms with Gasteiger partial charge in [-0.15, -0.1) is 0 Å². The van der Waals surface area contributed by atoms with Crippen LogP contribution in [0.5, 0.6) is 0 Å². The lowest BCUT2D eigenvalue weighted by Gasteiger charge is -2.26. The number of para-hydroxylation sites is 1. The summed E-state index contributed by atoms with van der Waals surface area (Å²) in [6.07, 6.45) is 1.08. The molecular formula is C18H22N4O3. The minimum absolute atomic E-state index is 0.229. The number of amides is 2. The predicted molar refractivity (Wildman–Crippen MR) is 91.7 cm³/mol. The lowest BCUT2D eigenvalue weighted by atomic mass is 10.0. The number of nitriles is 1. The molecule has 1 heterocycles. The first-order valence-corrected chi connectivity index (χ1v) is 8.55. The largest absolute Gasteiger partial charge is 0.379 e. The van der Waals surface area contributed by atoms with Crippen LogP contribution in [0.15, 0.2) is 24.3 Å². The quantitative estimate of drug-likeness (QED) is 0.743. The van der Waals surface area contributed by atoms with Crippen molar-refractivity contribution in [2.45, 2.75) is 12.8 Å². The van der Waals surface area contributed by atoms with Gasteiger partial charge >= 0.3 is 0 Å². The highest BCUT2D eigenvalue weighted by molar-refractivity contribution is 6.13. The van der Waals surface area contributed by atoms with Gasteiger partial charge in [0.25, 0.3) is 0 Å². The van der Waals surface area contributed by atoms with Crippen LogP contribution >= 0.6 is 0 Å². The van der Waals surface area contributed by atoms with E-state index in [1.54, 1.807) is 24.3 Å². The summed E-state index contributed by atoms with van der Waals surface area (Å²) in [6.45, 7) is 4.45. The van der Waals surface area contributed by atoms with E-state index >= 15 is 0 Å². The molecule has 2 amide bonds. The first kappa shape index (κ1) is 17.4. The lowest BCUT2D eigenvalue weighted by molar-refractivity contribution is -0.134. The van der Waals surface area contributed by atoms with Crippen LogP contribution in [0, 0.1) is 16.7 Å². The van der Waals surface area contributed by atoms with Gasteiger partial charge in [0.1, 0.15) is 11.5 Å². The van der Waals surface area contributed by atoms with Crippen LogP contribution in [0.3, 0.4) is 0 Å². The Bertz CT molecular complexity index is 688. The van der Waals surface area contributed by atoms with Gasteiger partial charge in [0.2, 0.25) is 11.8 Å². The third kappa shape index (κ3) is 3.98. The first-order valence-electron chi connectivity index (χ1n) is 8.55. The molecule has 1 aromatic carbocycles. The normalized spacial score (nSPS) is 18.8. The fourth-order valence-electron chi connectivity index (χ4n) is 2.94. The fourth-order valence-corrected chi connectivity index (χ4v) is 2.94. The zero-order chi connectivity index (χ0) is 17.7. The van der Waals surface area contributed by atoms with Gasteiger partial charge in [-0.2, -0.15) is 5.26 Å². The molecule has 25 heavy (non-hydrogen) atoms. The van der Waals surface area contributed by atoms with Gasteiger partial charge in [-0.05, 0) is 25.0 Å². The van der Waals surface area contributed by atoms with Crippen LogP contribution < -0.4 is 10.6 Å². The Morgan fingerprint density at radius 3 is 2.60 bits per heavy atom. The van der Waals surface area contributed by atoms with E-state index in [0.29, 0.717) is 30.6 Å². The molecule has 2 aliphatic rings. The van der Waals surface area contributed by atoms with Gasteiger partial charge in [-0.1, -0.05) is 12.1 Å². The second kappa shape index (κ2) is 7.64. The van der Waals surface area contributed by atoms with Crippen LogP contribution in [0.2, 0.25) is 0 Å². The van der Waals surface area contributed by atoms with E-state index in [2.05, 4.69) is 15.5 Å². The highest BCUT2D eigenvalue weighted by Crippen LogP contribution is 2.46. The Balaban J connectivity index is 1.53. The molecule has 0 radical (unpaired) electrons. The first-order chi connectivity index (χ1) is 12.2. The minimum atomic E-state index is -0.992. The average molecular weight is 342 g/mol. The summed E-state index contributed by atoms with van der Waals surface area (Å²) in [4.78, 5) is 27.3. The monoisotopic (exact) mass is 342 g/mol. The molecule has 7 heteroatoms. The number of morpholine rings is 1. The molecule has 1 aromatic rings. The Kier molecular flexibility index (Phi) is 5.31. The average Bonchev–Trinajstić information content (AvgIpc) is 3.45. The third-order valence-electron chi connectivity index (χ3n) is 4.73. The number of nitrogens with one attached hydrogen (secondary N) is 2. The van der Waals surface area contributed by atoms with Gasteiger partial charge in [-0.3, -0.25) is 14.5 Å². The number of hydrogen-bond acceptors (Lipinski definition) is 5. The molecule has 0 bridgehead atoms. The van der Waals surface area contributed by atoms with Crippen LogP contribution in [0.1, 0.15) is 18.4 Å². The molecule has 1 aliphatic heterocycles. The van der Waals surface area contributed by atoms with Crippen molar-refractivity contribution in [3.8, 4) is 6.07 Å². The maximum atomic E-state index is 12.6. The molecule has 1 aliphatic carbocycles. The summed E-state index contributed by atoms with van der Waals surface area (Å²) in [6, 6.07) is 8.83. The smallest absolute Gasteiger partial charge is 0.240 e. The summed E-state index contributed by atoms with van der Waals surface area (Å²) in [5, 5.41) is 14.7. The Hall–Kier alpha value is -2.43. The number of hydrogen-bond donors (Lipinski definition) is 2. The number of carbonyl (C=O) groups is 2. The molecule has 7 nitrogen and oxygen atoms in total. The SMILES string of the molecule is N#Cc1ccccc1NC(=O)C1(C(=O)NCCN2CCOCC2)CC1. The summed E-state index contributed by atoms with van der Waals surface area (Å²) >= 11 is 0. The van der Waals surface area contributed by atoms with Gasteiger partial charge in [0, 0.05) is 26.2 Å². The van der Waals surface area contributed by atoms with Gasteiger partial charge in [0.15, 0.2) is 0 Å².